The van der Waals surface area contributed by atoms with Gasteiger partial charge in [0.2, 0.25) is 10.0 Å². The lowest BCUT2D eigenvalue weighted by atomic mass is 10.3. The number of hydrogen-bond donors (Lipinski definition) is 3. The molecule has 1 fully saturated rings. The predicted molar refractivity (Wildman–Crippen MR) is 103 cm³/mol. The fourth-order valence-electron chi connectivity index (χ4n) is 2.64. The van der Waals surface area contributed by atoms with E-state index in [4.69, 9.17) is 9.47 Å². The molecule has 1 aromatic carbocycles. The number of esters is 1. The zero-order valence-corrected chi connectivity index (χ0v) is 16.4. The van der Waals surface area contributed by atoms with Crippen molar-refractivity contribution in [3.05, 3.63) is 56.9 Å². The van der Waals surface area contributed by atoms with Crippen LogP contribution in [-0.4, -0.2) is 67.5 Å². The van der Waals surface area contributed by atoms with Crippen LogP contribution < -0.4 is 16.6 Å². The van der Waals surface area contributed by atoms with Crippen molar-refractivity contribution in [2.75, 3.05) is 38.2 Å². The third kappa shape index (κ3) is 5.00. The molecular weight excluding hydrogens is 420 g/mol. The summed E-state index contributed by atoms with van der Waals surface area (Å²) < 4.78 is 36.6. The van der Waals surface area contributed by atoms with Gasteiger partial charge in [0.15, 0.2) is 6.61 Å². The molecule has 30 heavy (non-hydrogen) atoms. The Kier molecular flexibility index (Phi) is 6.44. The number of nitrogens with zero attached hydrogens (tertiary/aromatic N) is 1. The van der Waals surface area contributed by atoms with E-state index >= 15 is 0 Å². The van der Waals surface area contributed by atoms with E-state index in [2.05, 4.69) is 10.3 Å². The molecule has 1 aliphatic heterocycles. The van der Waals surface area contributed by atoms with Crippen LogP contribution in [0.5, 0.6) is 0 Å². The van der Waals surface area contributed by atoms with Crippen molar-refractivity contribution in [3.8, 4) is 0 Å². The second kappa shape index (κ2) is 9.02. The predicted octanol–water partition coefficient (Wildman–Crippen LogP) is -1.12. The van der Waals surface area contributed by atoms with Gasteiger partial charge in [-0.25, -0.2) is 18.0 Å². The summed E-state index contributed by atoms with van der Waals surface area (Å²) in [6.07, 6.45) is 0.876. The van der Waals surface area contributed by atoms with Crippen molar-refractivity contribution >= 4 is 27.6 Å². The van der Waals surface area contributed by atoms with E-state index in [0.29, 0.717) is 13.2 Å². The highest BCUT2D eigenvalue weighted by molar-refractivity contribution is 7.89. The number of sulfonamides is 1. The molecule has 1 amide bonds. The minimum atomic E-state index is -3.74. The number of carbonyl (C=O) groups is 2. The van der Waals surface area contributed by atoms with E-state index in [1.165, 1.54) is 28.6 Å². The first-order valence-corrected chi connectivity index (χ1v) is 10.2. The molecule has 2 heterocycles. The molecule has 3 rings (SSSR count). The smallest absolute Gasteiger partial charge is 0.345 e. The fraction of sp³-hybridized carbons (Fsp3) is 0.294. The van der Waals surface area contributed by atoms with Crippen molar-refractivity contribution < 1.29 is 27.5 Å². The number of aromatic amines is 2. The Balaban J connectivity index is 1.63. The van der Waals surface area contributed by atoms with Crippen LogP contribution >= 0.6 is 0 Å². The fourth-order valence-corrected chi connectivity index (χ4v) is 4.09. The van der Waals surface area contributed by atoms with Gasteiger partial charge in [0.25, 0.3) is 11.5 Å². The minimum absolute atomic E-state index is 0.000955. The molecule has 12 nitrogen and oxygen atoms in total. The topological polar surface area (TPSA) is 168 Å². The second-order valence-corrected chi connectivity index (χ2v) is 8.09. The average molecular weight is 438 g/mol. The number of nitrogens with one attached hydrogen (secondary N) is 3. The molecule has 0 spiro atoms. The molecule has 1 aromatic heterocycles. The lowest BCUT2D eigenvalue weighted by molar-refractivity contribution is -0.119. The van der Waals surface area contributed by atoms with Crippen LogP contribution in [-0.2, 0) is 24.3 Å². The number of H-pyrrole nitrogens is 2. The molecule has 1 aliphatic rings. The Labute approximate surface area is 169 Å². The normalized spacial score (nSPS) is 14.8. The maximum atomic E-state index is 12.7. The number of amides is 1. The Morgan fingerprint density at radius 1 is 1.20 bits per heavy atom. The lowest BCUT2D eigenvalue weighted by Gasteiger charge is -2.26. The molecule has 0 unspecified atom stereocenters. The standard InChI is InChI=1S/C17H18N4O8S/c22-14(10-29-16(24)13-9-18-17(25)20-15(13)23)19-11-2-1-3-12(8-11)30(26,27)21-4-6-28-7-5-21/h1-3,8-9H,4-7,10H2,(H,19,22)(H2,18,20,23,25). The van der Waals surface area contributed by atoms with E-state index in [1.54, 1.807) is 0 Å². The summed E-state index contributed by atoms with van der Waals surface area (Å²) in [5.74, 6) is -1.85. The van der Waals surface area contributed by atoms with E-state index in [-0.39, 0.29) is 23.7 Å². The lowest BCUT2D eigenvalue weighted by Crippen LogP contribution is -2.40. The van der Waals surface area contributed by atoms with E-state index in [0.717, 1.165) is 6.20 Å². The summed E-state index contributed by atoms with van der Waals surface area (Å²) in [4.78, 5) is 50.4. The average Bonchev–Trinajstić information content (AvgIpc) is 2.73. The van der Waals surface area contributed by atoms with E-state index in [9.17, 15) is 27.6 Å². The number of carbonyl (C=O) groups excluding carboxylic acids is 2. The van der Waals surface area contributed by atoms with Crippen molar-refractivity contribution in [1.29, 1.82) is 0 Å². The molecule has 0 bridgehead atoms. The number of ether oxygens (including phenoxy) is 2. The second-order valence-electron chi connectivity index (χ2n) is 6.15. The van der Waals surface area contributed by atoms with Gasteiger partial charge < -0.3 is 19.8 Å². The van der Waals surface area contributed by atoms with Gasteiger partial charge >= 0.3 is 11.7 Å². The van der Waals surface area contributed by atoms with Crippen LogP contribution in [0.15, 0.2) is 44.9 Å². The molecule has 13 heteroatoms. The summed E-state index contributed by atoms with van der Waals surface area (Å²) in [5, 5.41) is 2.42. The number of anilines is 1. The highest BCUT2D eigenvalue weighted by atomic mass is 32.2. The van der Waals surface area contributed by atoms with E-state index < -0.39 is 45.3 Å². The van der Waals surface area contributed by atoms with Crippen LogP contribution in [0.4, 0.5) is 5.69 Å². The van der Waals surface area contributed by atoms with Gasteiger partial charge in [-0.15, -0.1) is 0 Å². The summed E-state index contributed by atoms with van der Waals surface area (Å²) >= 11 is 0. The largest absolute Gasteiger partial charge is 0.452 e. The molecule has 0 saturated carbocycles. The third-order valence-corrected chi connectivity index (χ3v) is 5.99. The number of morpholine rings is 1. The van der Waals surface area contributed by atoms with Gasteiger partial charge in [-0.05, 0) is 18.2 Å². The van der Waals surface area contributed by atoms with Crippen LogP contribution in [0, 0.1) is 0 Å². The Morgan fingerprint density at radius 2 is 1.93 bits per heavy atom. The van der Waals surface area contributed by atoms with Gasteiger partial charge in [-0.2, -0.15) is 4.31 Å². The van der Waals surface area contributed by atoms with Crippen LogP contribution in [0.3, 0.4) is 0 Å². The highest BCUT2D eigenvalue weighted by Gasteiger charge is 2.26. The Morgan fingerprint density at radius 3 is 2.63 bits per heavy atom. The summed E-state index contributed by atoms with van der Waals surface area (Å²) in [5.41, 5.74) is -2.03. The van der Waals surface area contributed by atoms with Crippen LogP contribution in [0.1, 0.15) is 10.4 Å². The van der Waals surface area contributed by atoms with Crippen molar-refractivity contribution in [2.24, 2.45) is 0 Å². The summed E-state index contributed by atoms with van der Waals surface area (Å²) in [6.45, 7) is 0.355. The summed E-state index contributed by atoms with van der Waals surface area (Å²) in [7, 11) is -3.74. The summed E-state index contributed by atoms with van der Waals surface area (Å²) in [6, 6.07) is 5.64. The van der Waals surface area contributed by atoms with E-state index in [1.807, 2.05) is 4.98 Å². The minimum Gasteiger partial charge on any atom is -0.452 e. The quantitative estimate of drug-likeness (QED) is 0.477. The molecule has 0 aliphatic carbocycles. The van der Waals surface area contributed by atoms with Crippen molar-refractivity contribution in [2.45, 2.75) is 4.90 Å². The molecule has 160 valence electrons. The Bertz CT molecular complexity index is 1160. The molecule has 0 radical (unpaired) electrons. The Hall–Kier alpha value is -3.29. The van der Waals surface area contributed by atoms with Gasteiger partial charge in [-0.3, -0.25) is 14.6 Å². The molecule has 3 N–H and O–H groups in total. The number of rotatable bonds is 6. The number of aromatic nitrogens is 2. The van der Waals surface area contributed by atoms with Gasteiger partial charge in [-0.1, -0.05) is 6.07 Å². The van der Waals surface area contributed by atoms with Crippen molar-refractivity contribution in [3.63, 3.8) is 0 Å². The molecule has 1 saturated heterocycles. The van der Waals surface area contributed by atoms with Crippen LogP contribution in [0.25, 0.3) is 0 Å². The maximum absolute atomic E-state index is 12.7. The first-order chi connectivity index (χ1) is 14.3. The first-order valence-electron chi connectivity index (χ1n) is 8.74. The number of hydrogen-bond acceptors (Lipinski definition) is 8. The zero-order valence-electron chi connectivity index (χ0n) is 15.5. The maximum Gasteiger partial charge on any atom is 0.345 e. The number of benzene rings is 1. The highest BCUT2D eigenvalue weighted by Crippen LogP contribution is 2.20. The first kappa shape index (κ1) is 21.4. The SMILES string of the molecule is O=C(COC(=O)c1c[nH]c(=O)[nH]c1=O)Nc1cccc(S(=O)(=O)N2CCOCC2)c1. The molecule has 2 aromatic rings. The van der Waals surface area contributed by atoms with Gasteiger partial charge in [0.1, 0.15) is 5.56 Å². The van der Waals surface area contributed by atoms with Gasteiger partial charge in [0, 0.05) is 25.0 Å². The van der Waals surface area contributed by atoms with Crippen molar-refractivity contribution in [1.82, 2.24) is 14.3 Å². The molecule has 0 atom stereocenters. The monoisotopic (exact) mass is 438 g/mol. The third-order valence-electron chi connectivity index (χ3n) is 4.10. The molecular formula is C17H18N4O8S. The zero-order chi connectivity index (χ0) is 21.7. The van der Waals surface area contributed by atoms with Gasteiger partial charge in [0.05, 0.1) is 18.1 Å². The van der Waals surface area contributed by atoms with Crippen LogP contribution in [0.2, 0.25) is 0 Å².